The van der Waals surface area contributed by atoms with Crippen LogP contribution in [0.2, 0.25) is 0 Å². The Labute approximate surface area is 191 Å². The minimum atomic E-state index is -0.135. The molecule has 4 aromatic rings. The van der Waals surface area contributed by atoms with Gasteiger partial charge in [0.1, 0.15) is 11.5 Å². The standard InChI is InChI=1S/C25H25N5OS/c31-24(26-15-21-18-29-13-5-4-10-23(29)27-21)12-11-20-17-30(16-19-7-2-1-3-8-19)28-25(20)22-9-6-14-32-22/h1-3,6-9,11-12,14,17-18H,4-5,10,13,15-16H2,(H,26,31)/b12-11+. The van der Waals surface area contributed by atoms with E-state index in [0.717, 1.165) is 40.6 Å². The molecular formula is C25H25N5OS. The molecule has 4 heterocycles. The second kappa shape index (κ2) is 9.36. The highest BCUT2D eigenvalue weighted by atomic mass is 32.1. The third-order valence-electron chi connectivity index (χ3n) is 5.55. The molecule has 1 aromatic carbocycles. The molecular weight excluding hydrogens is 418 g/mol. The van der Waals surface area contributed by atoms with Crippen molar-refractivity contribution < 1.29 is 4.79 Å². The van der Waals surface area contributed by atoms with Gasteiger partial charge in [-0.25, -0.2) is 4.98 Å². The van der Waals surface area contributed by atoms with Crippen LogP contribution in [0.1, 0.15) is 35.5 Å². The number of carbonyl (C=O) groups excluding carboxylic acids is 1. The van der Waals surface area contributed by atoms with Gasteiger partial charge in [-0.3, -0.25) is 9.48 Å². The average molecular weight is 444 g/mol. The summed E-state index contributed by atoms with van der Waals surface area (Å²) in [6, 6.07) is 14.3. The van der Waals surface area contributed by atoms with Crippen LogP contribution in [0.5, 0.6) is 0 Å². The molecule has 0 fully saturated rings. The van der Waals surface area contributed by atoms with E-state index in [0.29, 0.717) is 13.1 Å². The monoisotopic (exact) mass is 443 g/mol. The van der Waals surface area contributed by atoms with Crippen LogP contribution in [-0.2, 0) is 30.8 Å². The zero-order chi connectivity index (χ0) is 21.8. The third-order valence-corrected chi connectivity index (χ3v) is 6.43. The molecule has 162 valence electrons. The molecule has 0 aliphatic carbocycles. The van der Waals surface area contributed by atoms with E-state index in [1.54, 1.807) is 17.4 Å². The molecule has 6 nitrogen and oxygen atoms in total. The summed E-state index contributed by atoms with van der Waals surface area (Å²) in [5, 5.41) is 9.78. The number of imidazole rings is 1. The lowest BCUT2D eigenvalue weighted by Crippen LogP contribution is -2.20. The summed E-state index contributed by atoms with van der Waals surface area (Å²) in [7, 11) is 0. The lowest BCUT2D eigenvalue weighted by atomic mass is 10.2. The van der Waals surface area contributed by atoms with E-state index in [1.165, 1.54) is 18.4 Å². The molecule has 1 amide bonds. The van der Waals surface area contributed by atoms with Gasteiger partial charge in [-0.05, 0) is 35.9 Å². The van der Waals surface area contributed by atoms with Crippen molar-refractivity contribution in [2.45, 2.75) is 38.9 Å². The van der Waals surface area contributed by atoms with E-state index < -0.39 is 0 Å². The Morgan fingerprint density at radius 2 is 2.03 bits per heavy atom. The van der Waals surface area contributed by atoms with Gasteiger partial charge in [-0.2, -0.15) is 5.10 Å². The van der Waals surface area contributed by atoms with Crippen molar-refractivity contribution in [2.75, 3.05) is 0 Å². The molecule has 0 spiro atoms. The van der Waals surface area contributed by atoms with Gasteiger partial charge in [0, 0.05) is 37.0 Å². The second-order valence-corrected chi connectivity index (χ2v) is 8.89. The minimum Gasteiger partial charge on any atom is -0.347 e. The highest BCUT2D eigenvalue weighted by molar-refractivity contribution is 7.13. The van der Waals surface area contributed by atoms with Gasteiger partial charge in [-0.15, -0.1) is 11.3 Å². The Morgan fingerprint density at radius 3 is 2.84 bits per heavy atom. The van der Waals surface area contributed by atoms with Crippen LogP contribution in [0.3, 0.4) is 0 Å². The van der Waals surface area contributed by atoms with Gasteiger partial charge in [-0.1, -0.05) is 36.4 Å². The molecule has 7 heteroatoms. The Kier molecular flexibility index (Phi) is 5.98. The van der Waals surface area contributed by atoms with Crippen molar-refractivity contribution in [3.63, 3.8) is 0 Å². The van der Waals surface area contributed by atoms with Crippen molar-refractivity contribution in [3.8, 4) is 10.6 Å². The number of hydrogen-bond acceptors (Lipinski definition) is 4. The number of rotatable bonds is 7. The number of hydrogen-bond donors (Lipinski definition) is 1. The zero-order valence-electron chi connectivity index (χ0n) is 17.8. The maximum absolute atomic E-state index is 12.5. The molecule has 0 saturated heterocycles. The number of aromatic nitrogens is 4. The molecule has 5 rings (SSSR count). The van der Waals surface area contributed by atoms with Crippen molar-refractivity contribution in [1.29, 1.82) is 0 Å². The molecule has 1 N–H and O–H groups in total. The van der Waals surface area contributed by atoms with Crippen molar-refractivity contribution in [1.82, 2.24) is 24.6 Å². The number of fused-ring (bicyclic) bond motifs is 1. The predicted octanol–water partition coefficient (Wildman–Crippen LogP) is 4.52. The Bertz CT molecular complexity index is 1200. The van der Waals surface area contributed by atoms with E-state index >= 15 is 0 Å². The van der Waals surface area contributed by atoms with E-state index in [-0.39, 0.29) is 5.91 Å². The first-order valence-electron chi connectivity index (χ1n) is 10.9. The SMILES string of the molecule is O=C(/C=C/c1cn(Cc2ccccc2)nc1-c1cccs1)NCc1cn2c(n1)CCCC2. The quantitative estimate of drug-likeness (QED) is 0.427. The number of nitrogens with zero attached hydrogens (tertiary/aromatic N) is 4. The molecule has 0 unspecified atom stereocenters. The van der Waals surface area contributed by atoms with Crippen LogP contribution in [-0.4, -0.2) is 25.2 Å². The van der Waals surface area contributed by atoms with E-state index in [4.69, 9.17) is 5.10 Å². The topological polar surface area (TPSA) is 64.7 Å². The van der Waals surface area contributed by atoms with Crippen LogP contribution in [0, 0.1) is 0 Å². The Hall–Kier alpha value is -3.45. The van der Waals surface area contributed by atoms with Crippen LogP contribution in [0.15, 0.2) is 66.3 Å². The summed E-state index contributed by atoms with van der Waals surface area (Å²) < 4.78 is 4.13. The Morgan fingerprint density at radius 1 is 1.12 bits per heavy atom. The molecule has 0 bridgehead atoms. The molecule has 0 saturated carbocycles. The first-order valence-corrected chi connectivity index (χ1v) is 11.8. The second-order valence-electron chi connectivity index (χ2n) is 7.94. The molecule has 1 aliphatic rings. The number of thiophene rings is 1. The van der Waals surface area contributed by atoms with Crippen LogP contribution >= 0.6 is 11.3 Å². The molecule has 32 heavy (non-hydrogen) atoms. The number of nitrogens with one attached hydrogen (secondary N) is 1. The van der Waals surface area contributed by atoms with Gasteiger partial charge >= 0.3 is 0 Å². The smallest absolute Gasteiger partial charge is 0.244 e. The van der Waals surface area contributed by atoms with Gasteiger partial charge < -0.3 is 9.88 Å². The predicted molar refractivity (Wildman–Crippen MR) is 127 cm³/mol. The van der Waals surface area contributed by atoms with Gasteiger partial charge in [0.25, 0.3) is 0 Å². The largest absolute Gasteiger partial charge is 0.347 e. The fourth-order valence-electron chi connectivity index (χ4n) is 3.97. The van der Waals surface area contributed by atoms with E-state index in [9.17, 15) is 4.79 Å². The average Bonchev–Trinajstić information content (AvgIpc) is 3.56. The minimum absolute atomic E-state index is 0.135. The summed E-state index contributed by atoms with van der Waals surface area (Å²) in [6.07, 6.45) is 10.9. The van der Waals surface area contributed by atoms with Gasteiger partial charge in [0.15, 0.2) is 0 Å². The van der Waals surface area contributed by atoms with Crippen molar-refractivity contribution >= 4 is 23.3 Å². The molecule has 1 aliphatic heterocycles. The fraction of sp³-hybridized carbons (Fsp3) is 0.240. The lowest BCUT2D eigenvalue weighted by Gasteiger charge is -2.11. The van der Waals surface area contributed by atoms with Crippen LogP contribution < -0.4 is 5.32 Å². The van der Waals surface area contributed by atoms with Crippen LogP contribution in [0.25, 0.3) is 16.6 Å². The number of amides is 1. The summed E-state index contributed by atoms with van der Waals surface area (Å²) in [4.78, 5) is 18.2. The first kappa shape index (κ1) is 20.5. The molecule has 0 radical (unpaired) electrons. The third kappa shape index (κ3) is 4.73. The summed E-state index contributed by atoms with van der Waals surface area (Å²) in [6.45, 7) is 2.15. The highest BCUT2D eigenvalue weighted by Crippen LogP contribution is 2.27. The summed E-state index contributed by atoms with van der Waals surface area (Å²) >= 11 is 1.64. The number of benzene rings is 1. The maximum Gasteiger partial charge on any atom is 0.244 e. The van der Waals surface area contributed by atoms with Crippen molar-refractivity contribution in [2.24, 2.45) is 0 Å². The lowest BCUT2D eigenvalue weighted by molar-refractivity contribution is -0.116. The summed E-state index contributed by atoms with van der Waals surface area (Å²) in [5.41, 5.74) is 3.92. The number of aryl methyl sites for hydroxylation is 2. The van der Waals surface area contributed by atoms with E-state index in [1.807, 2.05) is 46.6 Å². The highest BCUT2D eigenvalue weighted by Gasteiger charge is 2.13. The van der Waals surface area contributed by atoms with Crippen LogP contribution in [0.4, 0.5) is 0 Å². The van der Waals surface area contributed by atoms with E-state index in [2.05, 4.69) is 39.3 Å². The van der Waals surface area contributed by atoms with Gasteiger partial charge in [0.05, 0.1) is 23.7 Å². The normalized spacial score (nSPS) is 13.4. The van der Waals surface area contributed by atoms with Gasteiger partial charge in [0.2, 0.25) is 5.91 Å². The number of carbonyl (C=O) groups is 1. The Balaban J connectivity index is 1.28. The molecule has 0 atom stereocenters. The fourth-order valence-corrected chi connectivity index (χ4v) is 4.71. The first-order chi connectivity index (χ1) is 15.7. The summed E-state index contributed by atoms with van der Waals surface area (Å²) in [5.74, 6) is 0.992. The zero-order valence-corrected chi connectivity index (χ0v) is 18.6. The van der Waals surface area contributed by atoms with Crippen molar-refractivity contribution in [3.05, 3.63) is 89.0 Å². The molecule has 3 aromatic heterocycles. The maximum atomic E-state index is 12.5.